The molecule has 0 saturated heterocycles. The van der Waals surface area contributed by atoms with Crippen molar-refractivity contribution in [2.75, 3.05) is 0 Å². The number of hydrogen-bond acceptors (Lipinski definition) is 1. The number of aliphatic hydroxyl groups excluding tert-OH is 1. The third-order valence-corrected chi connectivity index (χ3v) is 3.58. The van der Waals surface area contributed by atoms with Gasteiger partial charge in [-0.05, 0) is 37.0 Å². The van der Waals surface area contributed by atoms with Crippen LogP contribution >= 0.6 is 0 Å². The van der Waals surface area contributed by atoms with Crippen molar-refractivity contribution in [2.45, 2.75) is 59.0 Å². The quantitative estimate of drug-likeness (QED) is 0.714. The molecule has 13 heavy (non-hydrogen) atoms. The molecule has 1 heteroatoms. The molecule has 0 aliphatic heterocycles. The van der Waals surface area contributed by atoms with E-state index in [9.17, 15) is 5.11 Å². The smallest absolute Gasteiger partial charge is 0.0570 e. The van der Waals surface area contributed by atoms with Crippen LogP contribution in [0.3, 0.4) is 0 Å². The van der Waals surface area contributed by atoms with Gasteiger partial charge in [0.25, 0.3) is 0 Å². The highest BCUT2D eigenvalue weighted by Gasteiger charge is 2.29. The van der Waals surface area contributed by atoms with E-state index in [1.165, 1.54) is 19.3 Å². The van der Waals surface area contributed by atoms with E-state index in [0.29, 0.717) is 5.92 Å². The maximum Gasteiger partial charge on any atom is 0.0570 e. The van der Waals surface area contributed by atoms with Crippen LogP contribution in [0, 0.1) is 17.8 Å². The van der Waals surface area contributed by atoms with Crippen LogP contribution in [0.5, 0.6) is 0 Å². The molecule has 4 unspecified atom stereocenters. The molecule has 0 aromatic heterocycles. The van der Waals surface area contributed by atoms with E-state index in [0.717, 1.165) is 24.7 Å². The molecule has 0 spiro atoms. The van der Waals surface area contributed by atoms with Gasteiger partial charge in [-0.15, -0.1) is 0 Å². The van der Waals surface area contributed by atoms with E-state index >= 15 is 0 Å². The molecule has 0 amide bonds. The van der Waals surface area contributed by atoms with Crippen molar-refractivity contribution in [1.82, 2.24) is 0 Å². The van der Waals surface area contributed by atoms with Crippen molar-refractivity contribution in [3.05, 3.63) is 0 Å². The maximum atomic E-state index is 9.93. The standard InChI is InChI=1S/C12H24O/c1-4-5-12(13)11-7-6-9(2)8-10(11)3/h9-13H,4-8H2,1-3H3. The Labute approximate surface area is 82.5 Å². The Morgan fingerprint density at radius 1 is 1.31 bits per heavy atom. The summed E-state index contributed by atoms with van der Waals surface area (Å²) in [5.74, 6) is 2.18. The SMILES string of the molecule is CCCC(O)C1CCC(C)CC1C. The summed E-state index contributed by atoms with van der Waals surface area (Å²) < 4.78 is 0. The molecule has 0 radical (unpaired) electrons. The number of aliphatic hydroxyl groups is 1. The lowest BCUT2D eigenvalue weighted by atomic mass is 9.72. The van der Waals surface area contributed by atoms with Gasteiger partial charge < -0.3 is 5.11 Å². The van der Waals surface area contributed by atoms with Crippen molar-refractivity contribution < 1.29 is 5.11 Å². The van der Waals surface area contributed by atoms with Gasteiger partial charge in [0.15, 0.2) is 0 Å². The second-order valence-corrected chi connectivity index (χ2v) is 4.92. The van der Waals surface area contributed by atoms with E-state index in [2.05, 4.69) is 20.8 Å². The third kappa shape index (κ3) is 2.98. The van der Waals surface area contributed by atoms with Gasteiger partial charge >= 0.3 is 0 Å². The molecule has 0 heterocycles. The van der Waals surface area contributed by atoms with Gasteiger partial charge in [0.2, 0.25) is 0 Å². The maximum absolute atomic E-state index is 9.93. The van der Waals surface area contributed by atoms with Crippen molar-refractivity contribution >= 4 is 0 Å². The number of rotatable bonds is 3. The monoisotopic (exact) mass is 184 g/mol. The van der Waals surface area contributed by atoms with E-state index in [-0.39, 0.29) is 6.10 Å². The first-order valence-electron chi connectivity index (χ1n) is 5.83. The second-order valence-electron chi connectivity index (χ2n) is 4.92. The minimum absolute atomic E-state index is 0.0347. The predicted molar refractivity (Wildman–Crippen MR) is 56.6 cm³/mol. The molecule has 0 aromatic carbocycles. The molecule has 1 rings (SSSR count). The Hall–Kier alpha value is -0.0400. The summed E-state index contributed by atoms with van der Waals surface area (Å²) in [4.78, 5) is 0. The third-order valence-electron chi connectivity index (χ3n) is 3.58. The average molecular weight is 184 g/mol. The molecule has 1 aliphatic rings. The van der Waals surface area contributed by atoms with E-state index in [1.54, 1.807) is 0 Å². The summed E-state index contributed by atoms with van der Waals surface area (Å²) in [6, 6.07) is 0. The van der Waals surface area contributed by atoms with Crippen LogP contribution in [-0.2, 0) is 0 Å². The Morgan fingerprint density at radius 2 is 2.00 bits per heavy atom. The Kier molecular flexibility index (Phi) is 4.24. The van der Waals surface area contributed by atoms with Crippen LogP contribution < -0.4 is 0 Å². The highest BCUT2D eigenvalue weighted by atomic mass is 16.3. The summed E-state index contributed by atoms with van der Waals surface area (Å²) in [6.45, 7) is 6.79. The van der Waals surface area contributed by atoms with Gasteiger partial charge in [-0.2, -0.15) is 0 Å². The van der Waals surface area contributed by atoms with Gasteiger partial charge in [-0.3, -0.25) is 0 Å². The zero-order valence-electron chi connectivity index (χ0n) is 9.29. The van der Waals surface area contributed by atoms with E-state index < -0.39 is 0 Å². The van der Waals surface area contributed by atoms with E-state index in [1.807, 2.05) is 0 Å². The normalized spacial score (nSPS) is 37.4. The zero-order valence-corrected chi connectivity index (χ0v) is 9.29. The summed E-state index contributed by atoms with van der Waals surface area (Å²) in [5, 5.41) is 9.93. The first kappa shape index (κ1) is 11.0. The minimum atomic E-state index is -0.0347. The van der Waals surface area contributed by atoms with Crippen LogP contribution in [-0.4, -0.2) is 11.2 Å². The summed E-state index contributed by atoms with van der Waals surface area (Å²) in [6.07, 6.45) is 5.93. The van der Waals surface area contributed by atoms with E-state index in [4.69, 9.17) is 0 Å². The van der Waals surface area contributed by atoms with Crippen molar-refractivity contribution in [2.24, 2.45) is 17.8 Å². The molecule has 1 N–H and O–H groups in total. The lowest BCUT2D eigenvalue weighted by molar-refractivity contribution is 0.0358. The molecule has 1 aliphatic carbocycles. The lowest BCUT2D eigenvalue weighted by Gasteiger charge is -2.35. The highest BCUT2D eigenvalue weighted by Crippen LogP contribution is 2.36. The topological polar surface area (TPSA) is 20.2 Å². The molecule has 78 valence electrons. The molecule has 1 nitrogen and oxygen atoms in total. The van der Waals surface area contributed by atoms with Crippen LogP contribution in [0.25, 0.3) is 0 Å². The van der Waals surface area contributed by atoms with Crippen LogP contribution in [0.2, 0.25) is 0 Å². The largest absolute Gasteiger partial charge is 0.393 e. The van der Waals surface area contributed by atoms with Gasteiger partial charge in [-0.1, -0.05) is 33.6 Å². The van der Waals surface area contributed by atoms with Crippen LogP contribution in [0.1, 0.15) is 52.9 Å². The summed E-state index contributed by atoms with van der Waals surface area (Å²) >= 11 is 0. The first-order chi connectivity index (χ1) is 6.15. The van der Waals surface area contributed by atoms with Gasteiger partial charge in [-0.25, -0.2) is 0 Å². The second kappa shape index (κ2) is 4.99. The van der Waals surface area contributed by atoms with Crippen molar-refractivity contribution in [3.8, 4) is 0 Å². The molecule has 0 aromatic rings. The molecule has 1 saturated carbocycles. The van der Waals surface area contributed by atoms with Crippen LogP contribution in [0.15, 0.2) is 0 Å². The van der Waals surface area contributed by atoms with Crippen LogP contribution in [0.4, 0.5) is 0 Å². The molecular formula is C12H24O. The molecule has 0 bridgehead atoms. The fourth-order valence-electron chi connectivity index (χ4n) is 2.77. The molecule has 1 fully saturated rings. The zero-order chi connectivity index (χ0) is 9.84. The first-order valence-corrected chi connectivity index (χ1v) is 5.83. The fraction of sp³-hybridized carbons (Fsp3) is 1.00. The molecule has 4 atom stereocenters. The minimum Gasteiger partial charge on any atom is -0.393 e. The molecular weight excluding hydrogens is 160 g/mol. The van der Waals surface area contributed by atoms with Gasteiger partial charge in [0.05, 0.1) is 6.10 Å². The highest BCUT2D eigenvalue weighted by molar-refractivity contribution is 4.80. The van der Waals surface area contributed by atoms with Gasteiger partial charge in [0, 0.05) is 0 Å². The number of hydrogen-bond donors (Lipinski definition) is 1. The lowest BCUT2D eigenvalue weighted by Crippen LogP contribution is -2.31. The Bertz CT molecular complexity index is 140. The summed E-state index contributed by atoms with van der Waals surface area (Å²) in [5.41, 5.74) is 0. The Balaban J connectivity index is 2.40. The fourth-order valence-corrected chi connectivity index (χ4v) is 2.77. The predicted octanol–water partition coefficient (Wildman–Crippen LogP) is 3.22. The van der Waals surface area contributed by atoms with Gasteiger partial charge in [0.1, 0.15) is 0 Å². The Morgan fingerprint density at radius 3 is 2.54 bits per heavy atom. The van der Waals surface area contributed by atoms with Crippen molar-refractivity contribution in [1.29, 1.82) is 0 Å². The van der Waals surface area contributed by atoms with Crippen molar-refractivity contribution in [3.63, 3.8) is 0 Å². The summed E-state index contributed by atoms with van der Waals surface area (Å²) in [7, 11) is 0. The average Bonchev–Trinajstić information content (AvgIpc) is 2.04.